The Labute approximate surface area is 133 Å². The molecule has 0 unspecified atom stereocenters. The fraction of sp³-hybridized carbons (Fsp3) is 0.200. The molecule has 21 heavy (non-hydrogen) atoms. The van der Waals surface area contributed by atoms with Gasteiger partial charge >= 0.3 is 0 Å². The summed E-state index contributed by atoms with van der Waals surface area (Å²) < 4.78 is 28.7. The van der Waals surface area contributed by atoms with Crippen LogP contribution in [0.3, 0.4) is 0 Å². The first-order valence-electron chi connectivity index (χ1n) is 6.37. The first-order chi connectivity index (χ1) is 9.72. The van der Waals surface area contributed by atoms with Crippen LogP contribution in [0.5, 0.6) is 0 Å². The smallest absolute Gasteiger partial charge is 0.262 e. The lowest BCUT2D eigenvalue weighted by Gasteiger charge is -2.16. The van der Waals surface area contributed by atoms with Crippen LogP contribution in [0.25, 0.3) is 0 Å². The van der Waals surface area contributed by atoms with Crippen LogP contribution in [-0.4, -0.2) is 8.42 Å². The second-order valence-corrected chi connectivity index (χ2v) is 7.53. The number of halogens is 1. The van der Waals surface area contributed by atoms with Crippen molar-refractivity contribution >= 4 is 37.3 Å². The molecule has 0 aliphatic rings. The van der Waals surface area contributed by atoms with Crippen molar-refractivity contribution in [3.63, 3.8) is 0 Å². The lowest BCUT2D eigenvalue weighted by atomic mass is 10.1. The molecule has 0 saturated carbocycles. The molecule has 0 heterocycles. The number of nitrogen functional groups attached to an aromatic ring is 1. The van der Waals surface area contributed by atoms with E-state index in [1.807, 2.05) is 13.0 Å². The summed E-state index contributed by atoms with van der Waals surface area (Å²) in [5, 5.41) is 0. The maximum atomic E-state index is 12.6. The second kappa shape index (κ2) is 5.69. The molecular weight excluding hydrogens is 352 g/mol. The van der Waals surface area contributed by atoms with Gasteiger partial charge in [-0.1, -0.05) is 28.1 Å². The third-order valence-electron chi connectivity index (χ3n) is 3.31. The fourth-order valence-corrected chi connectivity index (χ4v) is 4.29. The molecule has 3 N–H and O–H groups in total. The number of nitrogens with two attached hydrogens (primary N) is 1. The van der Waals surface area contributed by atoms with E-state index in [0.29, 0.717) is 22.5 Å². The van der Waals surface area contributed by atoms with Gasteiger partial charge in [0.2, 0.25) is 0 Å². The van der Waals surface area contributed by atoms with E-state index in [9.17, 15) is 8.42 Å². The van der Waals surface area contributed by atoms with E-state index in [0.717, 1.165) is 10.0 Å². The van der Waals surface area contributed by atoms with Crippen molar-refractivity contribution in [3.8, 4) is 0 Å². The molecule has 2 rings (SSSR count). The number of rotatable bonds is 3. The van der Waals surface area contributed by atoms with Gasteiger partial charge in [0, 0.05) is 15.8 Å². The molecule has 112 valence electrons. The highest BCUT2D eigenvalue weighted by Gasteiger charge is 2.22. The maximum absolute atomic E-state index is 12.6. The topological polar surface area (TPSA) is 72.2 Å². The Kier molecular flexibility index (Phi) is 4.30. The zero-order valence-corrected chi connectivity index (χ0v) is 14.5. The number of nitrogens with one attached hydrogen (secondary N) is 1. The SMILES string of the molecule is Cc1cc(C)c(S(=O)(=O)Nc2cccc(Br)c2)c(C)c1N. The van der Waals surface area contributed by atoms with E-state index in [1.165, 1.54) is 0 Å². The van der Waals surface area contributed by atoms with Crippen molar-refractivity contribution < 1.29 is 8.42 Å². The fourth-order valence-electron chi connectivity index (χ4n) is 2.35. The van der Waals surface area contributed by atoms with E-state index in [1.54, 1.807) is 38.1 Å². The Morgan fingerprint density at radius 3 is 2.38 bits per heavy atom. The zero-order valence-electron chi connectivity index (χ0n) is 12.1. The molecule has 4 nitrogen and oxygen atoms in total. The van der Waals surface area contributed by atoms with Crippen LogP contribution in [0, 0.1) is 20.8 Å². The summed E-state index contributed by atoms with van der Waals surface area (Å²) in [6, 6.07) is 8.80. The Morgan fingerprint density at radius 1 is 1.10 bits per heavy atom. The molecule has 0 aromatic heterocycles. The number of sulfonamides is 1. The quantitative estimate of drug-likeness (QED) is 0.810. The minimum atomic E-state index is -3.68. The maximum Gasteiger partial charge on any atom is 0.262 e. The summed E-state index contributed by atoms with van der Waals surface area (Å²) in [4.78, 5) is 0.241. The Hall–Kier alpha value is -1.53. The number of aryl methyl sites for hydroxylation is 2. The molecule has 0 atom stereocenters. The number of benzene rings is 2. The Balaban J connectivity index is 2.53. The standard InChI is InChI=1S/C15H17BrN2O2S/c1-9-7-10(2)15(11(3)14(9)17)21(19,20)18-13-6-4-5-12(16)8-13/h4-8,18H,17H2,1-3H3. The van der Waals surface area contributed by atoms with Crippen LogP contribution in [0.2, 0.25) is 0 Å². The van der Waals surface area contributed by atoms with E-state index in [-0.39, 0.29) is 4.90 Å². The monoisotopic (exact) mass is 368 g/mol. The van der Waals surface area contributed by atoms with Gasteiger partial charge in [-0.3, -0.25) is 4.72 Å². The molecular formula is C15H17BrN2O2S. The zero-order chi connectivity index (χ0) is 15.8. The number of hydrogen-bond acceptors (Lipinski definition) is 3. The molecule has 2 aromatic rings. The highest BCUT2D eigenvalue weighted by Crippen LogP contribution is 2.29. The minimum absolute atomic E-state index is 0.241. The average molecular weight is 369 g/mol. The predicted octanol–water partition coefficient (Wildman–Crippen LogP) is 3.76. The predicted molar refractivity (Wildman–Crippen MR) is 90.0 cm³/mol. The largest absolute Gasteiger partial charge is 0.398 e. The number of hydrogen-bond donors (Lipinski definition) is 2. The molecule has 6 heteroatoms. The average Bonchev–Trinajstić information content (AvgIpc) is 2.35. The molecule has 2 aromatic carbocycles. The van der Waals surface area contributed by atoms with Gasteiger partial charge in [-0.25, -0.2) is 8.42 Å². The van der Waals surface area contributed by atoms with Crippen LogP contribution in [0.1, 0.15) is 16.7 Å². The molecule has 0 fully saturated rings. The van der Waals surface area contributed by atoms with E-state index in [2.05, 4.69) is 20.7 Å². The van der Waals surface area contributed by atoms with Crippen LogP contribution in [-0.2, 0) is 10.0 Å². The molecule has 0 spiro atoms. The first-order valence-corrected chi connectivity index (χ1v) is 8.64. The normalized spacial score (nSPS) is 11.4. The summed E-state index contributed by atoms with van der Waals surface area (Å²) in [5.41, 5.74) is 9.12. The summed E-state index contributed by atoms with van der Waals surface area (Å²) in [6.07, 6.45) is 0. The van der Waals surface area contributed by atoms with E-state index in [4.69, 9.17) is 5.73 Å². The molecule has 0 radical (unpaired) electrons. The Bertz CT molecular complexity index is 802. The van der Waals surface area contributed by atoms with Crippen LogP contribution in [0.15, 0.2) is 39.7 Å². The van der Waals surface area contributed by atoms with Crippen molar-refractivity contribution in [2.24, 2.45) is 0 Å². The third kappa shape index (κ3) is 3.22. The summed E-state index contributed by atoms with van der Waals surface area (Å²) >= 11 is 3.32. The van der Waals surface area contributed by atoms with Crippen molar-refractivity contribution in [2.75, 3.05) is 10.5 Å². The van der Waals surface area contributed by atoms with Gasteiger partial charge in [0.1, 0.15) is 0 Å². The van der Waals surface area contributed by atoms with Crippen LogP contribution in [0.4, 0.5) is 11.4 Å². The van der Waals surface area contributed by atoms with Gasteiger partial charge in [0.15, 0.2) is 0 Å². The lowest BCUT2D eigenvalue weighted by molar-refractivity contribution is 0.600. The third-order valence-corrected chi connectivity index (χ3v) is 5.47. The molecule has 0 aliphatic carbocycles. The first kappa shape index (κ1) is 15.9. The summed E-state index contributed by atoms with van der Waals surface area (Å²) in [6.45, 7) is 5.37. The summed E-state index contributed by atoms with van der Waals surface area (Å²) in [7, 11) is -3.68. The van der Waals surface area contributed by atoms with Gasteiger partial charge in [0.05, 0.1) is 4.90 Å². The second-order valence-electron chi connectivity index (χ2n) is 4.99. The molecule has 0 saturated heterocycles. The summed E-state index contributed by atoms with van der Waals surface area (Å²) in [5.74, 6) is 0. The van der Waals surface area contributed by atoms with Crippen molar-refractivity contribution in [1.29, 1.82) is 0 Å². The molecule has 0 bridgehead atoms. The van der Waals surface area contributed by atoms with E-state index >= 15 is 0 Å². The van der Waals surface area contributed by atoms with Crippen molar-refractivity contribution in [1.82, 2.24) is 0 Å². The minimum Gasteiger partial charge on any atom is -0.398 e. The lowest BCUT2D eigenvalue weighted by Crippen LogP contribution is -2.17. The van der Waals surface area contributed by atoms with Gasteiger partial charge in [-0.2, -0.15) is 0 Å². The van der Waals surface area contributed by atoms with E-state index < -0.39 is 10.0 Å². The van der Waals surface area contributed by atoms with Gasteiger partial charge in [-0.15, -0.1) is 0 Å². The van der Waals surface area contributed by atoms with Gasteiger partial charge in [0.25, 0.3) is 10.0 Å². The highest BCUT2D eigenvalue weighted by molar-refractivity contribution is 9.10. The Morgan fingerprint density at radius 2 is 1.76 bits per heavy atom. The van der Waals surface area contributed by atoms with Crippen molar-refractivity contribution in [2.45, 2.75) is 25.7 Å². The van der Waals surface area contributed by atoms with Crippen LogP contribution >= 0.6 is 15.9 Å². The number of anilines is 2. The molecule has 0 aliphatic heterocycles. The van der Waals surface area contributed by atoms with Crippen molar-refractivity contribution in [3.05, 3.63) is 51.5 Å². The molecule has 0 amide bonds. The van der Waals surface area contributed by atoms with Crippen LogP contribution < -0.4 is 10.5 Å². The van der Waals surface area contributed by atoms with Gasteiger partial charge < -0.3 is 5.73 Å². The highest BCUT2D eigenvalue weighted by atomic mass is 79.9. The van der Waals surface area contributed by atoms with Gasteiger partial charge in [-0.05, 0) is 55.7 Å².